The number of aryl methyl sites for hydroxylation is 4. The Hall–Kier alpha value is -13.3. The zero-order chi connectivity index (χ0) is 93.3. The number of nitriles is 4. The van der Waals surface area contributed by atoms with Crippen LogP contribution in [0.15, 0.2) is 170 Å². The predicted molar refractivity (Wildman–Crippen MR) is 503 cm³/mol. The van der Waals surface area contributed by atoms with Gasteiger partial charge < -0.3 is 43.1 Å². The fourth-order valence-electron chi connectivity index (χ4n) is 14.8. The number of carbonyl (C=O) groups excluding carboxylic acids is 3. The number of carboxylic acid groups (broad SMARTS) is 1. The van der Waals surface area contributed by atoms with E-state index in [-0.39, 0.29) is 34.5 Å². The van der Waals surface area contributed by atoms with Crippen molar-refractivity contribution in [1.82, 2.24) is 28.5 Å². The van der Waals surface area contributed by atoms with Crippen LogP contribution < -0.4 is 24.2 Å². The van der Waals surface area contributed by atoms with E-state index in [9.17, 15) is 79.0 Å². The number of hydrogen-bond donors (Lipinski definition) is 6. The number of anilines is 4. The van der Waals surface area contributed by atoms with Crippen LogP contribution in [0.5, 0.6) is 0 Å². The first-order valence-electron chi connectivity index (χ1n) is 41.8. The fraction of sp³-hybridized carbons (Fsp3) is 0.319. The first-order valence-corrected chi connectivity index (χ1v) is 48.4. The number of nitrogens with zero attached hydrogens (tertiary/aromatic N) is 9. The minimum Gasteiger partial charge on any atom is -0.478 e. The summed E-state index contributed by atoms with van der Waals surface area (Å²) in [5.41, 5.74) is 14.5. The van der Waals surface area contributed by atoms with Gasteiger partial charge in [-0.1, -0.05) is 114 Å². The Labute approximate surface area is 743 Å². The number of amides is 1. The normalized spacial score (nSPS) is 11.2. The monoisotopic (exact) mass is 1800 g/mol. The topological polar surface area (TPSA) is 422 Å². The molecule has 0 bridgehead atoms. The van der Waals surface area contributed by atoms with Crippen LogP contribution in [0.25, 0.3) is 88.6 Å². The molecule has 0 atom stereocenters. The largest absolute Gasteiger partial charge is 0.478 e. The Morgan fingerprint density at radius 1 is 0.346 bits per heavy atom. The molecule has 33 heteroatoms. The van der Waals surface area contributed by atoms with E-state index in [1.165, 1.54) is 20.3 Å². The number of aromatic nitrogens is 4. The van der Waals surface area contributed by atoms with Gasteiger partial charge in [-0.2, -0.15) is 21.0 Å². The number of rotatable bonds is 32. The fourth-order valence-corrected chi connectivity index (χ4v) is 19.4. The number of benzene rings is 8. The summed E-state index contributed by atoms with van der Waals surface area (Å²) in [4.78, 5) is 49.9. The van der Waals surface area contributed by atoms with Crippen molar-refractivity contribution in [2.45, 2.75) is 135 Å². The lowest BCUT2D eigenvalue weighted by Gasteiger charge is -2.18. The number of fused-ring (bicyclic) bond motifs is 4. The summed E-state index contributed by atoms with van der Waals surface area (Å²) < 4.78 is 124. The van der Waals surface area contributed by atoms with Crippen molar-refractivity contribution in [3.8, 4) is 69.3 Å². The number of esters is 2. The van der Waals surface area contributed by atoms with Crippen molar-refractivity contribution < 1.29 is 67.4 Å². The summed E-state index contributed by atoms with van der Waals surface area (Å²) >= 11 is 0. The quantitative estimate of drug-likeness (QED) is 0.0213. The second kappa shape index (κ2) is 45.0. The van der Waals surface area contributed by atoms with E-state index < -0.39 is 58.0 Å². The van der Waals surface area contributed by atoms with E-state index in [4.69, 9.17) is 9.47 Å². The number of hydrogen-bond acceptors (Lipinski definition) is 19. The van der Waals surface area contributed by atoms with Gasteiger partial charge in [0.1, 0.15) is 24.3 Å². The van der Waals surface area contributed by atoms with Crippen molar-refractivity contribution in [1.29, 1.82) is 21.0 Å². The van der Waals surface area contributed by atoms with Crippen molar-refractivity contribution in [3.63, 3.8) is 0 Å². The Morgan fingerprint density at radius 3 is 0.772 bits per heavy atom. The number of carbonyl (C=O) groups is 4. The summed E-state index contributed by atoms with van der Waals surface area (Å²) in [5.74, 6) is -1.72. The highest BCUT2D eigenvalue weighted by Gasteiger charge is 2.27. The number of aromatic carboxylic acids is 1. The van der Waals surface area contributed by atoms with E-state index in [1.807, 2.05) is 91.0 Å². The molecule has 0 saturated carbocycles. The lowest BCUT2D eigenvalue weighted by Crippen LogP contribution is -2.30. The summed E-state index contributed by atoms with van der Waals surface area (Å²) in [6.07, 6.45) is 2.12. The van der Waals surface area contributed by atoms with Gasteiger partial charge in [0.25, 0.3) is 5.91 Å². The molecule has 127 heavy (non-hydrogen) atoms. The Kier molecular flexibility index (Phi) is 35.2. The second-order valence-corrected chi connectivity index (χ2v) is 36.3. The Bertz CT molecular complexity index is 6450. The van der Waals surface area contributed by atoms with Crippen LogP contribution in [0.3, 0.4) is 0 Å². The average Bonchev–Trinajstić information content (AvgIpc) is 1.62. The molecule has 0 aliphatic carbocycles. The minimum absolute atomic E-state index is 0.0328. The van der Waals surface area contributed by atoms with E-state index in [0.717, 1.165) is 85.1 Å². The van der Waals surface area contributed by atoms with Crippen LogP contribution in [-0.2, 0) is 75.7 Å². The highest BCUT2D eigenvalue weighted by Crippen LogP contribution is 2.40. The molecule has 668 valence electrons. The third kappa shape index (κ3) is 23.8. The summed E-state index contributed by atoms with van der Waals surface area (Å²) in [7, 11) is -10.9. The van der Waals surface area contributed by atoms with Gasteiger partial charge in [0.05, 0.1) is 121 Å². The van der Waals surface area contributed by atoms with E-state index in [2.05, 4.69) is 62.3 Å². The van der Waals surface area contributed by atoms with Gasteiger partial charge in [0.2, 0.25) is 40.1 Å². The molecule has 29 nitrogen and oxygen atoms in total. The molecule has 12 rings (SSSR count). The van der Waals surface area contributed by atoms with Crippen molar-refractivity contribution >= 4 is 130 Å². The molecule has 0 spiro atoms. The van der Waals surface area contributed by atoms with Crippen LogP contribution >= 0.6 is 0 Å². The first kappa shape index (κ1) is 99.1. The standard InChI is InChI=1S/C25H30N4O3S.2C22H23N3O4S.C21H21N3O4S.C4H11N/c1-5-15-33(31,32)27-20-12-9-18(10-13-20)24-22(17-26)21-14-11-19(16-23(21)29(24)8-4)25(30)28(6-2)7-3;2*1-4-12-30(27,28)24-17-9-6-15(7-10-17)21-19(14-23)18-11-8-16(22(26)29-3)13-20(18)25(21)5-2;1-3-11-29(27,28)23-16-8-5-14(6-9-16)20-18(13-22)17-10-7-15(21(25)26)12-19(17)24(20)4-2;1-3-5-4-2/h9-14,16,27H,5-8,15H2,1-4H3;2*6-11,13,24H,4-5,12H2,1-3H3;5-10,12,23H,3-4,11H2,1-2H3,(H,25,26);5H,3-4H2,1-2H3. The van der Waals surface area contributed by atoms with Gasteiger partial charge in [0, 0.05) is 89.1 Å². The summed E-state index contributed by atoms with van der Waals surface area (Å²) in [6.45, 7) is 28.9. The number of methoxy groups -OCH3 is 2. The zero-order valence-electron chi connectivity index (χ0n) is 73.8. The lowest BCUT2D eigenvalue weighted by atomic mass is 10.0. The van der Waals surface area contributed by atoms with Crippen LogP contribution in [0.2, 0.25) is 0 Å². The first-order chi connectivity index (χ1) is 60.7. The number of carboxylic acids is 1. The van der Waals surface area contributed by atoms with Crippen LogP contribution in [-0.4, -0.2) is 149 Å². The highest BCUT2D eigenvalue weighted by molar-refractivity contribution is 7.93. The van der Waals surface area contributed by atoms with Gasteiger partial charge in [-0.15, -0.1) is 0 Å². The Morgan fingerprint density at radius 2 is 0.575 bits per heavy atom. The minimum atomic E-state index is -3.38. The smallest absolute Gasteiger partial charge is 0.337 e. The van der Waals surface area contributed by atoms with E-state index >= 15 is 0 Å². The maximum atomic E-state index is 12.9. The highest BCUT2D eigenvalue weighted by atomic mass is 32.2. The third-order valence-corrected chi connectivity index (χ3v) is 26.4. The van der Waals surface area contributed by atoms with Crippen molar-refractivity contribution in [3.05, 3.63) is 214 Å². The van der Waals surface area contributed by atoms with Crippen LogP contribution in [0.1, 0.15) is 172 Å². The molecule has 0 saturated heterocycles. The van der Waals surface area contributed by atoms with Gasteiger partial charge in [-0.25, -0.2) is 48.1 Å². The van der Waals surface area contributed by atoms with Gasteiger partial charge in [-0.3, -0.25) is 23.7 Å². The van der Waals surface area contributed by atoms with Gasteiger partial charge in [0.15, 0.2) is 0 Å². The SMILES string of the molecule is CCCS(=O)(=O)Nc1ccc(-c2c(C#N)c3ccc(C(=O)N(CC)CC)cc3n2CC)cc1.CCCS(=O)(=O)Nc1ccc(-c2c(C#N)c3ccc(C(=O)O)cc3n2CC)cc1.CCCS(=O)(=O)Nc1ccc(-c2c(C#N)c3ccc(C(=O)OC)cc3n2CC)cc1.CCCS(=O)(=O)Nc1ccc(-c2c(C#N)c3ccc(C(=O)OC)cc3n2CC)cc1.CCNCC. The molecule has 0 aliphatic rings. The van der Waals surface area contributed by atoms with Crippen molar-refractivity contribution in [2.24, 2.45) is 0 Å². The maximum Gasteiger partial charge on any atom is 0.337 e. The molecular weight excluding hydrogens is 1690 g/mol. The van der Waals surface area contributed by atoms with E-state index in [0.29, 0.717) is 143 Å². The molecule has 4 heterocycles. The molecule has 8 aromatic carbocycles. The maximum absolute atomic E-state index is 12.9. The molecule has 1 amide bonds. The lowest BCUT2D eigenvalue weighted by molar-refractivity contribution is 0.0592. The van der Waals surface area contributed by atoms with Gasteiger partial charge >= 0.3 is 17.9 Å². The summed E-state index contributed by atoms with van der Waals surface area (Å²) in [6, 6.07) is 57.3. The number of sulfonamides is 4. The third-order valence-electron chi connectivity index (χ3n) is 20.5. The average molecular weight is 1800 g/mol. The molecule has 0 radical (unpaired) electrons. The molecule has 0 fully saturated rings. The number of ether oxygens (including phenoxy) is 2. The zero-order valence-corrected chi connectivity index (χ0v) is 77.1. The number of nitrogens with one attached hydrogen (secondary N) is 5. The molecule has 0 aliphatic heterocycles. The van der Waals surface area contributed by atoms with Crippen molar-refractivity contribution in [2.75, 3.05) is 82.3 Å². The Balaban J connectivity index is 0.000000206. The van der Waals surface area contributed by atoms with Gasteiger partial charge in [-0.05, 0) is 200 Å². The summed E-state index contributed by atoms with van der Waals surface area (Å²) in [5, 5.41) is 54.8. The van der Waals surface area contributed by atoms with E-state index in [1.54, 1.807) is 165 Å². The molecule has 12 aromatic rings. The molecule has 4 aromatic heterocycles. The molecule has 0 unspecified atom stereocenters. The van der Waals surface area contributed by atoms with Crippen LogP contribution in [0.4, 0.5) is 22.7 Å². The van der Waals surface area contributed by atoms with Crippen LogP contribution in [0, 0.1) is 45.3 Å². The second-order valence-electron chi connectivity index (χ2n) is 29.0. The predicted octanol–water partition coefficient (Wildman–Crippen LogP) is 17.8. The molecular formula is C94H108N14O15S4. The molecule has 6 N–H and O–H groups in total.